The van der Waals surface area contributed by atoms with Crippen molar-refractivity contribution in [3.05, 3.63) is 70.0 Å². The lowest BCUT2D eigenvalue weighted by Gasteiger charge is -2.42. The van der Waals surface area contributed by atoms with Gasteiger partial charge in [-0.15, -0.1) is 5.53 Å². The maximum Gasteiger partial charge on any atom is 0.410 e. The van der Waals surface area contributed by atoms with Crippen LogP contribution < -0.4 is 26.2 Å². The molecule has 5 rings (SSSR count). The molecule has 3 aliphatic rings. The summed E-state index contributed by atoms with van der Waals surface area (Å²) in [6.45, 7) is 10.2. The molecule has 0 radical (unpaired) electrons. The zero-order valence-corrected chi connectivity index (χ0v) is 35.6. The number of anilines is 2. The van der Waals surface area contributed by atoms with Crippen molar-refractivity contribution in [2.75, 3.05) is 62.0 Å². The number of fused-ring (bicyclic) bond motifs is 4. The zero-order valence-electron chi connectivity index (χ0n) is 33.2. The molecule has 0 aliphatic carbocycles. The number of piperazine rings is 1. The first-order chi connectivity index (χ1) is 27.1. The highest BCUT2D eigenvalue weighted by atomic mass is 35.5. The van der Waals surface area contributed by atoms with Crippen LogP contribution in [0, 0.1) is 0 Å². The first-order valence-corrected chi connectivity index (χ1v) is 21.9. The van der Waals surface area contributed by atoms with Crippen LogP contribution in [0.25, 0.3) is 0 Å². The highest BCUT2D eigenvalue weighted by molar-refractivity contribution is 7.54. The summed E-state index contributed by atoms with van der Waals surface area (Å²) in [6, 6.07) is 11.3. The van der Waals surface area contributed by atoms with Gasteiger partial charge in [0.2, 0.25) is 11.8 Å². The largest absolute Gasteiger partial charge is 0.444 e. The SMILES string of the molecule is CCOP(=O)(CC(=O)N(CCC(=O)c1cc(Cl)ccc1N1C=C(Cl)NN1)[C@H]1CCCCCNC(=O)[C@H]2CN(C(=O)OC(C)(C)C)CCN2c2cccc1c2)OCC. The van der Waals surface area contributed by atoms with Crippen LogP contribution in [0.15, 0.2) is 53.8 Å². The molecule has 0 saturated carbocycles. The number of ether oxygens (including phenoxy) is 1. The van der Waals surface area contributed by atoms with Crippen molar-refractivity contribution in [1.82, 2.24) is 26.1 Å². The van der Waals surface area contributed by atoms with Crippen molar-refractivity contribution < 1.29 is 37.5 Å². The molecule has 1 saturated heterocycles. The van der Waals surface area contributed by atoms with Crippen molar-refractivity contribution in [2.45, 2.75) is 84.4 Å². The molecule has 2 aromatic carbocycles. The van der Waals surface area contributed by atoms with Gasteiger partial charge in [0.25, 0.3) is 0 Å². The van der Waals surface area contributed by atoms with E-state index < -0.39 is 43.4 Å². The summed E-state index contributed by atoms with van der Waals surface area (Å²) in [4.78, 5) is 60.6. The summed E-state index contributed by atoms with van der Waals surface area (Å²) in [7, 11) is -3.83. The Kier molecular flexibility index (Phi) is 15.3. The maximum atomic E-state index is 14.5. The predicted molar refractivity (Wildman–Crippen MR) is 220 cm³/mol. The monoisotopic (exact) mass is 849 g/mol. The van der Waals surface area contributed by atoms with Crippen molar-refractivity contribution >= 4 is 65.9 Å². The zero-order chi connectivity index (χ0) is 41.3. The van der Waals surface area contributed by atoms with Gasteiger partial charge >= 0.3 is 13.7 Å². The lowest BCUT2D eigenvalue weighted by atomic mass is 9.96. The van der Waals surface area contributed by atoms with E-state index in [1.807, 2.05) is 29.2 Å². The highest BCUT2D eigenvalue weighted by Crippen LogP contribution is 2.48. The molecule has 3 heterocycles. The molecular formula is C39H54Cl2N7O8P. The van der Waals surface area contributed by atoms with E-state index in [1.54, 1.807) is 73.8 Å². The second kappa shape index (κ2) is 19.7. The van der Waals surface area contributed by atoms with Gasteiger partial charge in [0, 0.05) is 48.9 Å². The molecule has 0 spiro atoms. The van der Waals surface area contributed by atoms with Gasteiger partial charge in [-0.2, -0.15) is 0 Å². The molecule has 2 bridgehead atoms. The van der Waals surface area contributed by atoms with Gasteiger partial charge in [0.15, 0.2) is 5.78 Å². The topological polar surface area (TPSA) is 162 Å². The van der Waals surface area contributed by atoms with Gasteiger partial charge in [0.05, 0.1) is 37.7 Å². The summed E-state index contributed by atoms with van der Waals surface area (Å²) in [5.74, 6) is -0.963. The second-order valence-electron chi connectivity index (χ2n) is 15.0. The molecule has 3 amide bonds. The number of ketones is 1. The summed E-state index contributed by atoms with van der Waals surface area (Å²) in [5, 5.41) is 5.31. The third-order valence-corrected chi connectivity index (χ3v) is 12.1. The van der Waals surface area contributed by atoms with Gasteiger partial charge in [-0.25, -0.2) is 4.79 Å². The van der Waals surface area contributed by atoms with Crippen molar-refractivity contribution in [3.8, 4) is 0 Å². The molecule has 57 heavy (non-hydrogen) atoms. The summed E-state index contributed by atoms with van der Waals surface area (Å²) < 4.78 is 30.5. The molecule has 2 aromatic rings. The Balaban J connectivity index is 1.50. The standard InChI is InChI=1S/C39H54Cl2N7O8P/c1-6-54-57(53,55-7-2)26-36(50)47(19-17-34(49)30-23-28(40)15-16-32(30)48-25-35(41)43-44-48)31-14-9-8-10-18-42-37(51)33-24-45(38(52)56-39(3,4)5)20-21-46(33)29-13-11-12-27(31)22-29/h11-13,15-16,22-23,25,31,33,43-44H,6-10,14,17-21,24,26H2,1-5H3,(H,42,51)/t31-,33+/m0/s1. The minimum atomic E-state index is -3.83. The van der Waals surface area contributed by atoms with Gasteiger partial charge in [-0.1, -0.05) is 48.2 Å². The molecule has 0 unspecified atom stereocenters. The van der Waals surface area contributed by atoms with Gasteiger partial charge < -0.3 is 33.8 Å². The van der Waals surface area contributed by atoms with E-state index in [9.17, 15) is 23.7 Å². The van der Waals surface area contributed by atoms with E-state index in [1.165, 1.54) is 0 Å². The average Bonchev–Trinajstić information content (AvgIpc) is 3.59. The molecule has 312 valence electrons. The fourth-order valence-electron chi connectivity index (χ4n) is 7.14. The number of hydrogen-bond acceptors (Lipinski definition) is 12. The van der Waals surface area contributed by atoms with Crippen LogP contribution >= 0.6 is 30.8 Å². The Morgan fingerprint density at radius 1 is 1.00 bits per heavy atom. The Morgan fingerprint density at radius 3 is 2.44 bits per heavy atom. The van der Waals surface area contributed by atoms with Crippen LogP contribution in [-0.2, 0) is 27.9 Å². The van der Waals surface area contributed by atoms with E-state index in [2.05, 4.69) is 16.3 Å². The first-order valence-electron chi connectivity index (χ1n) is 19.4. The Bertz CT molecular complexity index is 1850. The minimum absolute atomic E-state index is 0.0176. The van der Waals surface area contributed by atoms with E-state index in [0.29, 0.717) is 60.3 Å². The molecular weight excluding hydrogens is 796 g/mol. The third-order valence-electron chi connectivity index (χ3n) is 9.69. The third kappa shape index (κ3) is 11.9. The summed E-state index contributed by atoms with van der Waals surface area (Å²) in [5.41, 5.74) is 7.30. The number of hydrogen-bond donors (Lipinski definition) is 3. The van der Waals surface area contributed by atoms with Gasteiger partial charge in [0.1, 0.15) is 23.0 Å². The Labute approximate surface area is 344 Å². The number of Topliss-reactive ketones (excluding diaryl/α,β-unsaturated/α-hetero) is 1. The van der Waals surface area contributed by atoms with Crippen molar-refractivity contribution in [3.63, 3.8) is 0 Å². The van der Waals surface area contributed by atoms with Crippen LogP contribution in [0.3, 0.4) is 0 Å². The number of amides is 3. The van der Waals surface area contributed by atoms with E-state index in [4.69, 9.17) is 37.0 Å². The lowest BCUT2D eigenvalue weighted by Crippen LogP contribution is -2.60. The molecule has 3 N–H and O–H groups in total. The van der Waals surface area contributed by atoms with Crippen LogP contribution in [0.2, 0.25) is 5.02 Å². The molecule has 3 aliphatic heterocycles. The first kappa shape index (κ1) is 44.3. The predicted octanol–water partition coefficient (Wildman–Crippen LogP) is 6.73. The number of carbonyl (C=O) groups excluding carboxylic acids is 4. The quantitative estimate of drug-likeness (QED) is 0.118. The van der Waals surface area contributed by atoms with Crippen molar-refractivity contribution in [2.24, 2.45) is 0 Å². The molecule has 2 atom stereocenters. The van der Waals surface area contributed by atoms with Gasteiger partial charge in [-0.3, -0.25) is 29.4 Å². The fraction of sp³-hybridized carbons (Fsp3) is 0.538. The lowest BCUT2D eigenvalue weighted by molar-refractivity contribution is -0.131. The summed E-state index contributed by atoms with van der Waals surface area (Å²) in [6.07, 6.45) is 3.14. The second-order valence-corrected chi connectivity index (χ2v) is 17.9. The average molecular weight is 851 g/mol. The number of rotatable bonds is 12. The number of nitrogens with one attached hydrogen (secondary N) is 3. The van der Waals surface area contributed by atoms with Crippen LogP contribution in [0.5, 0.6) is 0 Å². The maximum absolute atomic E-state index is 14.5. The highest BCUT2D eigenvalue weighted by Gasteiger charge is 2.38. The molecule has 15 nitrogen and oxygen atoms in total. The van der Waals surface area contributed by atoms with Gasteiger partial charge in [-0.05, 0) is 83.4 Å². The molecule has 1 fully saturated rings. The number of halogens is 2. The fourth-order valence-corrected chi connectivity index (χ4v) is 9.01. The van der Waals surface area contributed by atoms with Crippen molar-refractivity contribution in [1.29, 1.82) is 0 Å². The van der Waals surface area contributed by atoms with E-state index in [0.717, 1.165) is 17.7 Å². The van der Waals surface area contributed by atoms with E-state index >= 15 is 0 Å². The minimum Gasteiger partial charge on any atom is -0.444 e. The van der Waals surface area contributed by atoms with E-state index in [-0.39, 0.29) is 44.4 Å². The Hall–Kier alpha value is -3.85. The number of benzene rings is 2. The normalized spacial score (nSPS) is 19.2. The Morgan fingerprint density at radius 2 is 1.75 bits per heavy atom. The molecule has 0 aromatic heterocycles. The van der Waals surface area contributed by atoms with Crippen LogP contribution in [0.4, 0.5) is 16.2 Å². The number of hydrazine groups is 2. The van der Waals surface area contributed by atoms with Crippen LogP contribution in [-0.4, -0.2) is 97.2 Å². The number of nitrogens with zero attached hydrogens (tertiary/aromatic N) is 4. The molecule has 18 heteroatoms. The summed E-state index contributed by atoms with van der Waals surface area (Å²) >= 11 is 12.5. The number of carbonyl (C=O) groups is 4. The van der Waals surface area contributed by atoms with Crippen LogP contribution in [0.1, 0.15) is 88.7 Å². The smallest absolute Gasteiger partial charge is 0.410 e.